The van der Waals surface area contributed by atoms with E-state index < -0.39 is 90.7 Å². The van der Waals surface area contributed by atoms with Crippen LogP contribution in [-0.2, 0) is 27.1 Å². The van der Waals surface area contributed by atoms with Crippen LogP contribution in [0.5, 0.6) is 0 Å². The van der Waals surface area contributed by atoms with Crippen molar-refractivity contribution in [2.75, 3.05) is 9.80 Å². The number of nitriles is 1. The van der Waals surface area contributed by atoms with E-state index >= 15 is 0 Å². The lowest BCUT2D eigenvalue weighted by Crippen LogP contribution is -2.61. The highest BCUT2D eigenvalue weighted by molar-refractivity contribution is 7.00. The van der Waals surface area contributed by atoms with Crippen molar-refractivity contribution in [2.24, 2.45) is 0 Å². The molecule has 2 aliphatic heterocycles. The summed E-state index contributed by atoms with van der Waals surface area (Å²) in [5.41, 5.74) is 18.1. The highest BCUT2D eigenvalue weighted by Gasteiger charge is 2.46. The Balaban J connectivity index is 1.12. The average molecular weight is 1370 g/mol. The van der Waals surface area contributed by atoms with E-state index in [1.54, 1.807) is 4.57 Å². The van der Waals surface area contributed by atoms with Crippen molar-refractivity contribution in [3.8, 4) is 62.0 Å². The summed E-state index contributed by atoms with van der Waals surface area (Å²) in [6.07, 6.45) is 0. The first-order valence-corrected chi connectivity index (χ1v) is 36.3. The van der Waals surface area contributed by atoms with Crippen LogP contribution >= 0.6 is 0 Å². The monoisotopic (exact) mass is 1370 g/mol. The van der Waals surface area contributed by atoms with Gasteiger partial charge in [0.1, 0.15) is 6.07 Å². The van der Waals surface area contributed by atoms with Crippen molar-refractivity contribution in [1.29, 1.82) is 5.26 Å². The molecule has 514 valence electrons. The molecular formula is C99H90BN5. The van der Waals surface area contributed by atoms with Crippen molar-refractivity contribution in [1.82, 2.24) is 9.13 Å². The van der Waals surface area contributed by atoms with Gasteiger partial charge in [0.15, 0.2) is 0 Å². The lowest BCUT2D eigenvalue weighted by Gasteiger charge is -2.45. The number of nitrogens with zero attached hydrogens (tertiary/aromatic N) is 5. The van der Waals surface area contributed by atoms with E-state index in [0.717, 1.165) is 99.4 Å². The second-order valence-electron chi connectivity index (χ2n) is 33.6. The van der Waals surface area contributed by atoms with Gasteiger partial charge in [-0.25, -0.2) is 0 Å². The molecule has 17 rings (SSSR count). The Labute approximate surface area is 638 Å². The molecule has 5 nitrogen and oxygen atoms in total. The van der Waals surface area contributed by atoms with Gasteiger partial charge in [-0.2, -0.15) is 5.26 Å². The van der Waals surface area contributed by atoms with Crippen LogP contribution in [0.3, 0.4) is 0 Å². The van der Waals surface area contributed by atoms with Crippen molar-refractivity contribution in [3.05, 3.63) is 306 Å². The first kappa shape index (κ1) is 53.4. The van der Waals surface area contributed by atoms with E-state index in [1.807, 2.05) is 78.9 Å². The second-order valence-corrected chi connectivity index (χ2v) is 33.6. The van der Waals surface area contributed by atoms with E-state index in [-0.39, 0.29) is 54.7 Å². The quantitative estimate of drug-likeness (QED) is 0.142. The van der Waals surface area contributed by atoms with Gasteiger partial charge in [0, 0.05) is 61.1 Å². The third-order valence-electron chi connectivity index (χ3n) is 21.6. The molecule has 0 unspecified atom stereocenters. The minimum Gasteiger partial charge on any atom is -0.311 e. The maximum Gasteiger partial charge on any atom is 0.252 e. The van der Waals surface area contributed by atoms with Crippen LogP contribution in [0.2, 0.25) is 0 Å². The Kier molecular flexibility index (Phi) is 12.4. The van der Waals surface area contributed by atoms with E-state index in [9.17, 15) is 21.7 Å². The molecule has 6 heteroatoms. The van der Waals surface area contributed by atoms with Crippen LogP contribution < -0.4 is 26.2 Å². The fourth-order valence-electron chi connectivity index (χ4n) is 15.8. The maximum atomic E-state index is 11.9. The summed E-state index contributed by atoms with van der Waals surface area (Å²) in [4.78, 5) is 4.44. The number of anilines is 6. The second kappa shape index (κ2) is 24.4. The van der Waals surface area contributed by atoms with Gasteiger partial charge in [-0.3, -0.25) is 0 Å². The molecule has 2 aliphatic rings. The normalized spacial score (nSPS) is 15.0. The molecule has 0 fully saturated rings. The molecule has 105 heavy (non-hydrogen) atoms. The highest BCUT2D eigenvalue weighted by Crippen LogP contribution is 2.54. The van der Waals surface area contributed by atoms with Gasteiger partial charge in [0.05, 0.1) is 62.5 Å². The van der Waals surface area contributed by atoms with Crippen molar-refractivity contribution < 1.29 is 17.8 Å². The minimum atomic E-state index is -0.741. The molecule has 0 atom stereocenters. The zero-order chi connectivity index (χ0) is 84.3. The van der Waals surface area contributed by atoms with Gasteiger partial charge in [-0.15, -0.1) is 0 Å². The topological polar surface area (TPSA) is 40.1 Å². The van der Waals surface area contributed by atoms with Crippen LogP contribution in [0.25, 0.3) is 99.5 Å². The molecular weight excluding hydrogens is 1270 g/mol. The van der Waals surface area contributed by atoms with Crippen molar-refractivity contribution in [2.45, 2.75) is 131 Å². The largest absolute Gasteiger partial charge is 0.311 e. The molecule has 0 saturated carbocycles. The predicted octanol–water partition coefficient (Wildman–Crippen LogP) is 25.0. The van der Waals surface area contributed by atoms with Crippen LogP contribution in [0, 0.1) is 11.3 Å². The first-order valence-electron chi connectivity index (χ1n) is 42.8. The lowest BCUT2D eigenvalue weighted by molar-refractivity contribution is 0.569. The van der Waals surface area contributed by atoms with E-state index in [0.29, 0.717) is 50.9 Å². The fourth-order valence-corrected chi connectivity index (χ4v) is 15.8. The number of fused-ring (bicyclic) bond motifs is 10. The Hall–Kier alpha value is -11.4. The molecule has 4 heterocycles. The number of para-hydroxylation sites is 2. The van der Waals surface area contributed by atoms with Crippen LogP contribution in [0.1, 0.15) is 155 Å². The summed E-state index contributed by atoms with van der Waals surface area (Å²) in [5.74, 6) is 0. The molecule has 0 aliphatic carbocycles. The molecule has 0 radical (unpaired) electrons. The van der Waals surface area contributed by atoms with Crippen LogP contribution in [0.4, 0.5) is 34.1 Å². The molecule has 2 aromatic heterocycles. The van der Waals surface area contributed by atoms with Crippen LogP contribution in [-0.4, -0.2) is 15.8 Å². The predicted molar refractivity (Wildman–Crippen MR) is 449 cm³/mol. The summed E-state index contributed by atoms with van der Waals surface area (Å²) < 4.78 is 128. The number of benzene rings is 13. The molecule has 0 amide bonds. The Morgan fingerprint density at radius 2 is 0.762 bits per heavy atom. The summed E-state index contributed by atoms with van der Waals surface area (Å²) in [7, 11) is 0. The summed E-state index contributed by atoms with van der Waals surface area (Å²) in [5, 5.41) is 13.7. The van der Waals surface area contributed by atoms with Gasteiger partial charge in [-0.1, -0.05) is 298 Å². The van der Waals surface area contributed by atoms with E-state index in [4.69, 9.17) is 1.37 Å². The molecule has 0 bridgehead atoms. The third kappa shape index (κ3) is 11.3. The Morgan fingerprint density at radius 3 is 1.26 bits per heavy atom. The van der Waals surface area contributed by atoms with E-state index in [2.05, 4.69) is 240 Å². The van der Waals surface area contributed by atoms with Gasteiger partial charge in [0.2, 0.25) is 0 Å². The van der Waals surface area contributed by atoms with Gasteiger partial charge in [0.25, 0.3) is 6.71 Å². The maximum absolute atomic E-state index is 11.9. The van der Waals surface area contributed by atoms with Gasteiger partial charge < -0.3 is 18.9 Å². The average Bonchev–Trinajstić information content (AvgIpc) is 0.919. The highest BCUT2D eigenvalue weighted by atomic mass is 15.2. The summed E-state index contributed by atoms with van der Waals surface area (Å²) >= 11 is 0. The molecule has 0 saturated heterocycles. The first-order chi connectivity index (χ1) is 55.6. The lowest BCUT2D eigenvalue weighted by atomic mass is 9.33. The number of rotatable bonds is 8. The van der Waals surface area contributed by atoms with Crippen molar-refractivity contribution in [3.63, 3.8) is 0 Å². The third-order valence-corrected chi connectivity index (χ3v) is 21.6. The zero-order valence-electron chi connectivity index (χ0n) is 75.3. The fraction of sp³-hybridized carbons (Fsp3) is 0.202. The number of hydrogen-bond donors (Lipinski definition) is 0. The number of hydrogen-bond acceptors (Lipinski definition) is 3. The van der Waals surface area contributed by atoms with Gasteiger partial charge >= 0.3 is 0 Å². The van der Waals surface area contributed by atoms with E-state index in [1.165, 1.54) is 0 Å². The van der Waals surface area contributed by atoms with Crippen molar-refractivity contribution >= 4 is 101 Å². The molecule has 0 spiro atoms. The minimum absolute atomic E-state index is 0.0201. The Morgan fingerprint density at radius 1 is 0.314 bits per heavy atom. The smallest absolute Gasteiger partial charge is 0.252 e. The molecule has 0 N–H and O–H groups in total. The zero-order valence-corrected chi connectivity index (χ0v) is 62.3. The van der Waals surface area contributed by atoms with Gasteiger partial charge in [-0.05, 0) is 183 Å². The van der Waals surface area contributed by atoms with Crippen LogP contribution in [0.15, 0.2) is 273 Å². The SMILES string of the molecule is [2H]c1c([2H])c([2H])c(-c2ccc3c(c2)N(c2c(-c4ccccc4)cc(C(C)(C)C)cc2-c2ccccc2)c2cc(-n4c5c([2H])c([2H])c([2H])c([2H])c5c5c([2H])c([2H])c([2H])c([2H])c54)cc4c2B3c2ccc(-c3cc(C(C)(C)C)cc(C(C)(C)C)c3)cc2N4c2ccc(C#N)c(-n3c4cc(C(C)(C)C)ccc4c4ccc(C(C)(C)C)cc43)c2)c([2H])c1[2H]. The Bertz CT molecular complexity index is 6630. The summed E-state index contributed by atoms with van der Waals surface area (Å²) in [6, 6.07) is 63.1. The molecule has 13 aromatic carbocycles. The number of aromatic nitrogens is 2. The molecule has 15 aromatic rings. The summed E-state index contributed by atoms with van der Waals surface area (Å²) in [6.45, 7) is 32.3. The standard InChI is InChI=1S/C99H90BN5/c1-95(2,3)69-42-45-78-79-46-43-70(96(4,5)6)57-88(79)104(87(78)56-69)86-58-74(44-39-67(86)61-101)102-89-52-66(68-49-71(97(7,8)9)53-72(50-68)98(10,11)12)41-48-82(89)100-83-47-40-65(62-29-19-16-20-30-62)51-90(83)105(92-60-75(59-91(102)93(92)100)103-84-37-27-25-35-76(84)77-36-26-28-38-85(77)103)94-80(63-31-21-17-22-32-63)54-73(99(13,14)15)55-81(94)64-33-23-18-24-34-64/h16-60H,1-15H3/i16D,19D,20D,25D,26D,27D,28D,29D,30D,35D,36D,37D,38D.